The normalized spacial score (nSPS) is 11.9. The van der Waals surface area contributed by atoms with Crippen LogP contribution in [0.2, 0.25) is 0 Å². The van der Waals surface area contributed by atoms with Gasteiger partial charge in [0.25, 0.3) is 0 Å². The fourth-order valence-corrected chi connectivity index (χ4v) is 4.77. The summed E-state index contributed by atoms with van der Waals surface area (Å²) in [5, 5.41) is 10.4. The second-order valence-electron chi connectivity index (χ2n) is 6.96. The van der Waals surface area contributed by atoms with Gasteiger partial charge in [0.05, 0.1) is 21.7 Å². The van der Waals surface area contributed by atoms with E-state index in [0.29, 0.717) is 16.1 Å². The van der Waals surface area contributed by atoms with E-state index in [-0.39, 0.29) is 5.56 Å². The number of fused-ring (bicyclic) bond motifs is 1. The number of carbonyl (C=O) groups is 1. The van der Waals surface area contributed by atoms with Gasteiger partial charge in [-0.3, -0.25) is 4.98 Å². The fraction of sp³-hybridized carbons (Fsp3) is 0.0833. The quantitative estimate of drug-likeness (QED) is 0.356. The Morgan fingerprint density at radius 3 is 2.58 bits per heavy atom. The minimum atomic E-state index is -1.55. The predicted molar refractivity (Wildman–Crippen MR) is 126 cm³/mol. The van der Waals surface area contributed by atoms with Crippen LogP contribution in [0.25, 0.3) is 10.9 Å². The van der Waals surface area contributed by atoms with Crippen molar-refractivity contribution < 1.29 is 14.1 Å². The highest BCUT2D eigenvalue weighted by atomic mass is 32.2. The van der Waals surface area contributed by atoms with Gasteiger partial charge in [-0.2, -0.15) is 0 Å². The van der Waals surface area contributed by atoms with Crippen LogP contribution < -0.4 is 4.72 Å². The van der Waals surface area contributed by atoms with E-state index < -0.39 is 17.0 Å². The van der Waals surface area contributed by atoms with Gasteiger partial charge in [0.15, 0.2) is 0 Å². The number of pyridine rings is 1. The van der Waals surface area contributed by atoms with Crippen molar-refractivity contribution in [2.45, 2.75) is 22.5 Å². The van der Waals surface area contributed by atoms with Crippen LogP contribution in [0.3, 0.4) is 0 Å². The summed E-state index contributed by atoms with van der Waals surface area (Å²) < 4.78 is 15.5. The monoisotopic (exact) mass is 448 g/mol. The topological polar surface area (TPSA) is 79.3 Å². The molecular formula is C24H20N2O3S2. The standard InChI is InChI=1S/C24H20N2O3S2/c1-16-6-13-21(14-22(16)24(27)28)31(29)26-18-9-11-20(12-10-18)30-15-19-8-7-17-4-2-3-5-23(17)25-19/h2-14,26H,15H2,1H3,(H,27,28). The number of aromatic carboxylic acids is 1. The number of rotatable bonds is 7. The highest BCUT2D eigenvalue weighted by molar-refractivity contribution is 7.98. The maximum absolute atomic E-state index is 12.6. The van der Waals surface area contributed by atoms with Gasteiger partial charge in [-0.25, -0.2) is 9.00 Å². The lowest BCUT2D eigenvalue weighted by atomic mass is 10.1. The number of nitrogens with zero attached hydrogens (tertiary/aromatic N) is 1. The van der Waals surface area contributed by atoms with Crippen LogP contribution in [-0.2, 0) is 16.7 Å². The SMILES string of the molecule is Cc1ccc(S(=O)Nc2ccc(SCc3ccc4ccccc4n3)cc2)cc1C(=O)O. The van der Waals surface area contributed by atoms with Gasteiger partial charge in [-0.15, -0.1) is 11.8 Å². The largest absolute Gasteiger partial charge is 0.478 e. The van der Waals surface area contributed by atoms with E-state index >= 15 is 0 Å². The Hall–Kier alpha value is -3.16. The second kappa shape index (κ2) is 9.32. The molecule has 3 aromatic carbocycles. The summed E-state index contributed by atoms with van der Waals surface area (Å²) in [6, 6.07) is 24.6. The molecule has 0 saturated heterocycles. The molecule has 1 atom stereocenters. The van der Waals surface area contributed by atoms with E-state index in [2.05, 4.69) is 10.8 Å². The van der Waals surface area contributed by atoms with Crippen molar-refractivity contribution in [1.82, 2.24) is 4.98 Å². The van der Waals surface area contributed by atoms with Gasteiger partial charge < -0.3 is 9.83 Å². The molecule has 31 heavy (non-hydrogen) atoms. The van der Waals surface area contributed by atoms with E-state index in [9.17, 15) is 14.1 Å². The lowest BCUT2D eigenvalue weighted by molar-refractivity contribution is 0.0696. The zero-order valence-corrected chi connectivity index (χ0v) is 18.4. The number of hydrogen-bond acceptors (Lipinski definition) is 4. The number of para-hydroxylation sites is 1. The molecule has 0 bridgehead atoms. The number of thioether (sulfide) groups is 1. The number of anilines is 1. The average molecular weight is 449 g/mol. The van der Waals surface area contributed by atoms with Crippen molar-refractivity contribution in [3.05, 3.63) is 95.7 Å². The Labute approximate surface area is 187 Å². The average Bonchev–Trinajstić information content (AvgIpc) is 2.78. The Morgan fingerprint density at radius 2 is 1.81 bits per heavy atom. The van der Waals surface area contributed by atoms with Crippen LogP contribution >= 0.6 is 11.8 Å². The summed E-state index contributed by atoms with van der Waals surface area (Å²) in [6.07, 6.45) is 0. The molecule has 4 aromatic rings. The van der Waals surface area contributed by atoms with Crippen LogP contribution in [0.1, 0.15) is 21.6 Å². The van der Waals surface area contributed by atoms with Gasteiger partial charge in [0.1, 0.15) is 11.0 Å². The molecule has 1 aromatic heterocycles. The van der Waals surface area contributed by atoms with Gasteiger partial charge in [0, 0.05) is 21.7 Å². The number of benzene rings is 3. The van der Waals surface area contributed by atoms with E-state index in [1.54, 1.807) is 30.8 Å². The molecule has 0 aliphatic carbocycles. The summed E-state index contributed by atoms with van der Waals surface area (Å²) in [4.78, 5) is 17.5. The molecule has 7 heteroatoms. The van der Waals surface area contributed by atoms with Crippen LogP contribution in [0, 0.1) is 6.92 Å². The third-order valence-corrected chi connectivity index (χ3v) is 6.91. The molecule has 156 valence electrons. The van der Waals surface area contributed by atoms with Crippen LogP contribution in [-0.4, -0.2) is 20.3 Å². The first-order chi connectivity index (χ1) is 15.0. The summed E-state index contributed by atoms with van der Waals surface area (Å²) >= 11 is 1.68. The second-order valence-corrected chi connectivity index (χ2v) is 9.22. The third-order valence-electron chi connectivity index (χ3n) is 4.76. The Bertz CT molecular complexity index is 1270. The molecule has 2 N–H and O–H groups in total. The molecule has 0 saturated carbocycles. The lowest BCUT2D eigenvalue weighted by Crippen LogP contribution is -2.07. The molecule has 0 spiro atoms. The van der Waals surface area contributed by atoms with E-state index in [4.69, 9.17) is 4.98 Å². The van der Waals surface area contributed by atoms with Crippen LogP contribution in [0.4, 0.5) is 5.69 Å². The van der Waals surface area contributed by atoms with Crippen molar-refractivity contribution in [3.8, 4) is 0 Å². The van der Waals surface area contributed by atoms with Crippen molar-refractivity contribution in [2.75, 3.05) is 4.72 Å². The molecule has 4 rings (SSSR count). The first kappa shape index (κ1) is 21.1. The predicted octanol–water partition coefficient (Wildman–Crippen LogP) is 5.67. The van der Waals surface area contributed by atoms with Gasteiger partial charge >= 0.3 is 5.97 Å². The van der Waals surface area contributed by atoms with Crippen molar-refractivity contribution in [3.63, 3.8) is 0 Å². The first-order valence-electron chi connectivity index (χ1n) is 9.59. The van der Waals surface area contributed by atoms with Crippen molar-refractivity contribution in [2.24, 2.45) is 0 Å². The molecule has 0 amide bonds. The zero-order valence-electron chi connectivity index (χ0n) is 16.7. The maximum Gasteiger partial charge on any atom is 0.335 e. The number of aromatic nitrogens is 1. The number of carboxylic acid groups (broad SMARTS) is 1. The smallest absolute Gasteiger partial charge is 0.335 e. The summed E-state index contributed by atoms with van der Waals surface area (Å²) in [7, 11) is -1.55. The number of aryl methyl sites for hydroxylation is 1. The molecule has 1 heterocycles. The summed E-state index contributed by atoms with van der Waals surface area (Å²) in [6.45, 7) is 1.72. The highest BCUT2D eigenvalue weighted by Gasteiger charge is 2.12. The van der Waals surface area contributed by atoms with Gasteiger partial charge in [-0.05, 0) is 61.0 Å². The Kier molecular flexibility index (Phi) is 6.34. The first-order valence-corrected chi connectivity index (χ1v) is 11.7. The molecule has 1 unspecified atom stereocenters. The van der Waals surface area contributed by atoms with E-state index in [0.717, 1.165) is 27.2 Å². The number of carboxylic acids is 1. The minimum absolute atomic E-state index is 0.154. The number of nitrogens with one attached hydrogen (secondary N) is 1. The Morgan fingerprint density at radius 1 is 1.03 bits per heavy atom. The lowest BCUT2D eigenvalue weighted by Gasteiger charge is -2.09. The van der Waals surface area contributed by atoms with Gasteiger partial charge in [0.2, 0.25) is 0 Å². The highest BCUT2D eigenvalue weighted by Crippen LogP contribution is 2.25. The molecule has 0 aliphatic heterocycles. The Balaban J connectivity index is 1.39. The third kappa shape index (κ3) is 5.13. The van der Waals surface area contributed by atoms with E-state index in [1.807, 2.05) is 54.6 Å². The van der Waals surface area contributed by atoms with Crippen molar-refractivity contribution in [1.29, 1.82) is 0 Å². The van der Waals surface area contributed by atoms with Crippen LogP contribution in [0.5, 0.6) is 0 Å². The molecule has 0 aliphatic rings. The molecule has 0 fully saturated rings. The summed E-state index contributed by atoms with van der Waals surface area (Å²) in [5.41, 5.74) is 3.49. The van der Waals surface area contributed by atoms with E-state index in [1.165, 1.54) is 6.07 Å². The minimum Gasteiger partial charge on any atom is -0.478 e. The molecule has 5 nitrogen and oxygen atoms in total. The number of hydrogen-bond donors (Lipinski definition) is 2. The molecular weight excluding hydrogens is 428 g/mol. The van der Waals surface area contributed by atoms with Crippen LogP contribution in [0.15, 0.2) is 88.7 Å². The summed E-state index contributed by atoms with van der Waals surface area (Å²) in [5.74, 6) is -0.274. The zero-order chi connectivity index (χ0) is 21.8. The fourth-order valence-electron chi connectivity index (χ4n) is 3.08. The molecule has 0 radical (unpaired) electrons. The van der Waals surface area contributed by atoms with Crippen molar-refractivity contribution >= 4 is 45.3 Å². The van der Waals surface area contributed by atoms with Gasteiger partial charge in [-0.1, -0.05) is 30.3 Å². The maximum atomic E-state index is 12.6.